The number of halogens is 1. The molecule has 0 spiro atoms. The molecule has 136 valence electrons. The molecule has 1 N–H and O–H groups in total. The van der Waals surface area contributed by atoms with Crippen molar-refractivity contribution in [2.24, 2.45) is 0 Å². The fourth-order valence-corrected chi connectivity index (χ4v) is 3.57. The Morgan fingerprint density at radius 2 is 1.85 bits per heavy atom. The maximum Gasteiger partial charge on any atom is 0.297 e. The molecule has 4 aromatic rings. The number of anilines is 1. The average Bonchev–Trinajstić information content (AvgIpc) is 3.19. The molecule has 3 aromatic heterocycles. The number of hydrogen-bond acceptors (Lipinski definition) is 6. The summed E-state index contributed by atoms with van der Waals surface area (Å²) in [5.74, 6) is -0.374. The predicted octanol–water partition coefficient (Wildman–Crippen LogP) is 3.56. The summed E-state index contributed by atoms with van der Waals surface area (Å²) < 4.78 is 14.6. The van der Waals surface area contributed by atoms with Crippen molar-refractivity contribution in [2.45, 2.75) is 20.8 Å². The highest BCUT2D eigenvalue weighted by Gasteiger charge is 2.18. The Morgan fingerprint density at radius 3 is 2.59 bits per heavy atom. The number of thiazole rings is 1. The van der Waals surface area contributed by atoms with Crippen LogP contribution >= 0.6 is 11.3 Å². The third-order valence-electron chi connectivity index (χ3n) is 3.96. The second-order valence-electron chi connectivity index (χ2n) is 6.07. The Kier molecular flexibility index (Phi) is 4.15. The number of hydrogen-bond donors (Lipinski definition) is 1. The molecule has 0 fully saturated rings. The van der Waals surface area contributed by atoms with E-state index in [1.165, 1.54) is 28.0 Å². The molecule has 1 amide bonds. The summed E-state index contributed by atoms with van der Waals surface area (Å²) in [6, 6.07) is 7.93. The van der Waals surface area contributed by atoms with Gasteiger partial charge in [0.05, 0.1) is 5.69 Å². The molecular weight excluding hydrogens is 367 g/mol. The zero-order valence-electron chi connectivity index (χ0n) is 14.8. The highest BCUT2D eigenvalue weighted by Crippen LogP contribution is 2.30. The molecule has 0 atom stereocenters. The van der Waals surface area contributed by atoms with E-state index < -0.39 is 5.91 Å². The first kappa shape index (κ1) is 17.2. The number of nitrogens with zero attached hydrogens (tertiary/aromatic N) is 5. The van der Waals surface area contributed by atoms with Gasteiger partial charge in [-0.15, -0.1) is 16.4 Å². The van der Waals surface area contributed by atoms with Gasteiger partial charge in [0.1, 0.15) is 5.82 Å². The fraction of sp³-hybridized carbons (Fsp3) is 0.167. The van der Waals surface area contributed by atoms with Crippen LogP contribution in [-0.4, -0.2) is 30.5 Å². The lowest BCUT2D eigenvalue weighted by atomic mass is 10.1. The molecule has 0 aliphatic carbocycles. The van der Waals surface area contributed by atoms with Gasteiger partial charge in [0.2, 0.25) is 5.82 Å². The van der Waals surface area contributed by atoms with E-state index in [-0.39, 0.29) is 11.6 Å². The van der Waals surface area contributed by atoms with Gasteiger partial charge < -0.3 is 0 Å². The minimum atomic E-state index is -0.461. The summed E-state index contributed by atoms with van der Waals surface area (Å²) in [6.45, 7) is 5.62. The number of aromatic nitrogens is 5. The number of aryl methyl sites for hydroxylation is 3. The molecule has 27 heavy (non-hydrogen) atoms. The minimum absolute atomic E-state index is 0.0207. The predicted molar refractivity (Wildman–Crippen MR) is 100 cm³/mol. The van der Waals surface area contributed by atoms with Crippen molar-refractivity contribution in [3.63, 3.8) is 0 Å². The van der Waals surface area contributed by atoms with E-state index in [9.17, 15) is 9.18 Å². The molecule has 4 rings (SSSR count). The van der Waals surface area contributed by atoms with Crippen molar-refractivity contribution in [1.82, 2.24) is 24.6 Å². The molecule has 0 saturated carbocycles. The van der Waals surface area contributed by atoms with E-state index in [0.717, 1.165) is 21.8 Å². The van der Waals surface area contributed by atoms with Crippen LogP contribution in [0.15, 0.2) is 30.3 Å². The molecule has 0 unspecified atom stereocenters. The number of carbonyl (C=O) groups excluding carboxylic acids is 1. The highest BCUT2D eigenvalue weighted by molar-refractivity contribution is 7.16. The molecule has 7 nitrogen and oxygen atoms in total. The van der Waals surface area contributed by atoms with Crippen LogP contribution < -0.4 is 5.32 Å². The highest BCUT2D eigenvalue weighted by atomic mass is 32.1. The average molecular weight is 382 g/mol. The first-order valence-electron chi connectivity index (χ1n) is 8.16. The number of fused-ring (bicyclic) bond motifs is 1. The third-order valence-corrected chi connectivity index (χ3v) is 4.84. The maximum atomic E-state index is 13.1. The topological polar surface area (TPSA) is 85.1 Å². The molecule has 0 bridgehead atoms. The lowest BCUT2D eigenvalue weighted by Crippen LogP contribution is -2.13. The fourth-order valence-electron chi connectivity index (χ4n) is 2.74. The summed E-state index contributed by atoms with van der Waals surface area (Å²) in [5, 5.41) is 7.36. The van der Waals surface area contributed by atoms with Gasteiger partial charge in [0.25, 0.3) is 11.7 Å². The number of amides is 1. The van der Waals surface area contributed by atoms with E-state index in [4.69, 9.17) is 0 Å². The minimum Gasteiger partial charge on any atom is -0.295 e. The standard InChI is InChI=1S/C18H15FN6OS/c1-9-8-10(2)25-17(20-9)22-15(24-25)16(26)23-18-21-14(11(3)27-18)12-4-6-13(19)7-5-12/h4-8H,1-3H3,(H,21,23,26). The van der Waals surface area contributed by atoms with Gasteiger partial charge in [-0.3, -0.25) is 10.1 Å². The Balaban J connectivity index is 1.61. The van der Waals surface area contributed by atoms with Crippen LogP contribution in [0, 0.1) is 26.6 Å². The zero-order chi connectivity index (χ0) is 19.1. The molecule has 0 radical (unpaired) electrons. The van der Waals surface area contributed by atoms with Crippen molar-refractivity contribution in [3.05, 3.63) is 58.2 Å². The van der Waals surface area contributed by atoms with Crippen LogP contribution in [0.1, 0.15) is 26.9 Å². The second-order valence-corrected chi connectivity index (χ2v) is 7.27. The smallest absolute Gasteiger partial charge is 0.295 e. The lowest BCUT2D eigenvalue weighted by molar-refractivity contribution is 0.101. The van der Waals surface area contributed by atoms with Crippen LogP contribution in [0.25, 0.3) is 17.0 Å². The second kappa shape index (κ2) is 6.51. The quantitative estimate of drug-likeness (QED) is 0.586. The van der Waals surface area contributed by atoms with Crippen molar-refractivity contribution in [1.29, 1.82) is 0 Å². The van der Waals surface area contributed by atoms with Gasteiger partial charge in [0, 0.05) is 21.8 Å². The molecule has 9 heteroatoms. The van der Waals surface area contributed by atoms with Gasteiger partial charge in [-0.05, 0) is 51.1 Å². The van der Waals surface area contributed by atoms with Gasteiger partial charge in [-0.1, -0.05) is 0 Å². The number of rotatable bonds is 3. The van der Waals surface area contributed by atoms with E-state index in [1.54, 1.807) is 12.1 Å². The first-order chi connectivity index (χ1) is 12.9. The van der Waals surface area contributed by atoms with Gasteiger partial charge in [0.15, 0.2) is 5.13 Å². The van der Waals surface area contributed by atoms with Gasteiger partial charge >= 0.3 is 0 Å². The third kappa shape index (κ3) is 3.28. The van der Waals surface area contributed by atoms with Crippen LogP contribution in [0.5, 0.6) is 0 Å². The largest absolute Gasteiger partial charge is 0.297 e. The van der Waals surface area contributed by atoms with Crippen molar-refractivity contribution >= 4 is 28.2 Å². The van der Waals surface area contributed by atoms with Gasteiger partial charge in [-0.2, -0.15) is 4.98 Å². The van der Waals surface area contributed by atoms with E-state index >= 15 is 0 Å². The van der Waals surface area contributed by atoms with Gasteiger partial charge in [-0.25, -0.2) is 18.9 Å². The molecule has 0 saturated heterocycles. The Bertz CT molecular complexity index is 1160. The van der Waals surface area contributed by atoms with Crippen LogP contribution in [0.2, 0.25) is 0 Å². The molecule has 0 aliphatic rings. The number of carbonyl (C=O) groups is 1. The Morgan fingerprint density at radius 1 is 1.11 bits per heavy atom. The van der Waals surface area contributed by atoms with E-state index in [1.807, 2.05) is 26.8 Å². The Hall–Kier alpha value is -3.20. The summed E-state index contributed by atoms with van der Waals surface area (Å²) in [4.78, 5) is 26.3. The summed E-state index contributed by atoms with van der Waals surface area (Å²) in [5.41, 5.74) is 3.13. The van der Waals surface area contributed by atoms with Crippen molar-refractivity contribution < 1.29 is 9.18 Å². The van der Waals surface area contributed by atoms with Crippen LogP contribution in [0.4, 0.5) is 9.52 Å². The molecule has 0 aliphatic heterocycles. The van der Waals surface area contributed by atoms with Crippen LogP contribution in [0.3, 0.4) is 0 Å². The normalized spacial score (nSPS) is 11.1. The van der Waals surface area contributed by atoms with E-state index in [0.29, 0.717) is 16.6 Å². The molecular formula is C18H15FN6OS. The summed E-state index contributed by atoms with van der Waals surface area (Å²) in [7, 11) is 0. The SMILES string of the molecule is Cc1cc(C)n2nc(C(=O)Nc3nc(-c4ccc(F)cc4)c(C)s3)nc2n1. The zero-order valence-corrected chi connectivity index (χ0v) is 15.6. The number of benzene rings is 1. The van der Waals surface area contributed by atoms with Crippen molar-refractivity contribution in [2.75, 3.05) is 5.32 Å². The lowest BCUT2D eigenvalue weighted by Gasteiger charge is -1.98. The maximum absolute atomic E-state index is 13.1. The van der Waals surface area contributed by atoms with E-state index in [2.05, 4.69) is 25.4 Å². The molecule has 1 aromatic carbocycles. The molecule has 3 heterocycles. The first-order valence-corrected chi connectivity index (χ1v) is 8.98. The summed E-state index contributed by atoms with van der Waals surface area (Å²) in [6.07, 6.45) is 0. The van der Waals surface area contributed by atoms with Crippen molar-refractivity contribution in [3.8, 4) is 11.3 Å². The monoisotopic (exact) mass is 382 g/mol. The summed E-state index contributed by atoms with van der Waals surface area (Å²) >= 11 is 1.33. The Labute approximate surface area is 157 Å². The number of nitrogens with one attached hydrogen (secondary N) is 1. The van der Waals surface area contributed by atoms with Crippen LogP contribution in [-0.2, 0) is 0 Å².